The molecule has 2 heteroatoms. The zero-order chi connectivity index (χ0) is 23.3. The molecule has 0 aliphatic rings. The number of aryl methyl sites for hydroxylation is 2. The van der Waals surface area contributed by atoms with Crippen molar-refractivity contribution in [3.8, 4) is 17.1 Å². The van der Waals surface area contributed by atoms with Gasteiger partial charge in [-0.2, -0.15) is 4.57 Å². The molecule has 0 spiro atoms. The molecule has 0 saturated heterocycles. The molecular formula is C31H33N2+. The highest BCUT2D eigenvalue weighted by Crippen LogP contribution is 2.38. The summed E-state index contributed by atoms with van der Waals surface area (Å²) in [6, 6.07) is 28.9. The Morgan fingerprint density at radius 2 is 1.33 bits per heavy atom. The molecule has 0 aliphatic carbocycles. The summed E-state index contributed by atoms with van der Waals surface area (Å²) in [5.74, 6) is 2.08. The Labute approximate surface area is 197 Å². The lowest BCUT2D eigenvalue weighted by molar-refractivity contribution is -0.633. The third kappa shape index (κ3) is 3.36. The van der Waals surface area contributed by atoms with Crippen molar-refractivity contribution in [2.75, 3.05) is 0 Å². The Morgan fingerprint density at radius 3 is 2.00 bits per heavy atom. The minimum absolute atomic E-state index is 0.423. The summed E-state index contributed by atoms with van der Waals surface area (Å²) in [5, 5.41) is 2.56. The van der Waals surface area contributed by atoms with Gasteiger partial charge in [-0.25, -0.2) is 4.57 Å². The standard InChI is InChI=1S/C31H33N2/c1-20(2)24-16-11-17-25(21(3)4)29(24)33-28-19-18-23-13-8-10-15-27(23)30(28)32(6)31(33)26-14-9-7-12-22(26)5/h7-21H,1-6H3/q+1. The normalized spacial score (nSPS) is 11.9. The minimum atomic E-state index is 0.423. The van der Waals surface area contributed by atoms with Crippen LogP contribution in [0.3, 0.4) is 0 Å². The van der Waals surface area contributed by atoms with E-state index in [1.165, 1.54) is 55.6 Å². The first-order valence-electron chi connectivity index (χ1n) is 12.0. The van der Waals surface area contributed by atoms with Gasteiger partial charge in [-0.3, -0.25) is 0 Å². The first-order chi connectivity index (χ1) is 15.9. The lowest BCUT2D eigenvalue weighted by Gasteiger charge is -2.18. The number of benzene rings is 4. The Hall–Kier alpha value is -3.39. The van der Waals surface area contributed by atoms with Crippen LogP contribution in [-0.4, -0.2) is 4.57 Å². The number of rotatable bonds is 4. The molecule has 0 amide bonds. The Morgan fingerprint density at radius 1 is 0.697 bits per heavy atom. The molecule has 0 aliphatic heterocycles. The topological polar surface area (TPSA) is 8.81 Å². The van der Waals surface area contributed by atoms with E-state index in [0.717, 1.165) is 0 Å². The van der Waals surface area contributed by atoms with Crippen molar-refractivity contribution in [1.29, 1.82) is 0 Å². The van der Waals surface area contributed by atoms with Gasteiger partial charge in [0.15, 0.2) is 11.0 Å². The first-order valence-corrected chi connectivity index (χ1v) is 12.0. The molecule has 0 N–H and O–H groups in total. The fourth-order valence-electron chi connectivity index (χ4n) is 5.27. The van der Waals surface area contributed by atoms with Crippen LogP contribution in [-0.2, 0) is 7.05 Å². The maximum absolute atomic E-state index is 2.54. The van der Waals surface area contributed by atoms with Crippen LogP contribution in [0.2, 0.25) is 0 Å². The molecule has 0 unspecified atom stereocenters. The van der Waals surface area contributed by atoms with Crippen LogP contribution in [0.1, 0.15) is 56.2 Å². The molecule has 33 heavy (non-hydrogen) atoms. The fourth-order valence-corrected chi connectivity index (χ4v) is 5.27. The smallest absolute Gasteiger partial charge is 0.225 e. The number of aromatic nitrogens is 2. The van der Waals surface area contributed by atoms with Crippen LogP contribution in [0.15, 0.2) is 78.9 Å². The molecule has 0 fully saturated rings. The van der Waals surface area contributed by atoms with E-state index in [-0.39, 0.29) is 0 Å². The summed E-state index contributed by atoms with van der Waals surface area (Å²) in [6.07, 6.45) is 0. The van der Waals surface area contributed by atoms with E-state index in [4.69, 9.17) is 0 Å². The summed E-state index contributed by atoms with van der Waals surface area (Å²) in [7, 11) is 2.22. The number of nitrogens with zero attached hydrogens (tertiary/aromatic N) is 2. The quantitative estimate of drug-likeness (QED) is 0.255. The van der Waals surface area contributed by atoms with Crippen LogP contribution >= 0.6 is 0 Å². The van der Waals surface area contributed by atoms with E-state index in [0.29, 0.717) is 11.8 Å². The molecule has 1 aromatic heterocycles. The second kappa shape index (κ2) is 8.19. The SMILES string of the molecule is Cc1ccccc1-c1n(-c2c(C(C)C)cccc2C(C)C)c2ccc3ccccc3c2[n+]1C. The lowest BCUT2D eigenvalue weighted by Crippen LogP contribution is -2.30. The average Bonchev–Trinajstić information content (AvgIpc) is 3.11. The molecule has 0 bridgehead atoms. The van der Waals surface area contributed by atoms with Crippen molar-refractivity contribution in [2.24, 2.45) is 7.05 Å². The third-order valence-corrected chi connectivity index (χ3v) is 6.94. The average molecular weight is 434 g/mol. The minimum Gasteiger partial charge on any atom is -0.225 e. The summed E-state index contributed by atoms with van der Waals surface area (Å²) in [6.45, 7) is 11.4. The van der Waals surface area contributed by atoms with E-state index in [1.54, 1.807) is 0 Å². The van der Waals surface area contributed by atoms with Crippen molar-refractivity contribution < 1.29 is 4.57 Å². The van der Waals surface area contributed by atoms with E-state index in [9.17, 15) is 0 Å². The van der Waals surface area contributed by atoms with Crippen molar-refractivity contribution in [1.82, 2.24) is 4.57 Å². The van der Waals surface area contributed by atoms with Crippen molar-refractivity contribution >= 4 is 21.8 Å². The second-order valence-corrected chi connectivity index (χ2v) is 9.78. The van der Waals surface area contributed by atoms with Gasteiger partial charge in [-0.15, -0.1) is 0 Å². The highest BCUT2D eigenvalue weighted by Gasteiger charge is 2.31. The van der Waals surface area contributed by atoms with Gasteiger partial charge in [0.2, 0.25) is 0 Å². The molecule has 5 rings (SSSR count). The zero-order valence-corrected chi connectivity index (χ0v) is 20.6. The molecular weight excluding hydrogens is 400 g/mol. The highest BCUT2D eigenvalue weighted by atomic mass is 15.2. The van der Waals surface area contributed by atoms with E-state index >= 15 is 0 Å². The van der Waals surface area contributed by atoms with Gasteiger partial charge in [0.25, 0.3) is 5.82 Å². The van der Waals surface area contributed by atoms with Gasteiger partial charge < -0.3 is 0 Å². The van der Waals surface area contributed by atoms with Gasteiger partial charge in [0, 0.05) is 16.5 Å². The fraction of sp³-hybridized carbons (Fsp3) is 0.258. The van der Waals surface area contributed by atoms with E-state index < -0.39 is 0 Å². The zero-order valence-electron chi connectivity index (χ0n) is 20.6. The molecule has 1 heterocycles. The number of imidazole rings is 1. The van der Waals surface area contributed by atoms with Gasteiger partial charge in [-0.05, 0) is 54.0 Å². The van der Waals surface area contributed by atoms with E-state index in [2.05, 4.69) is 130 Å². The van der Waals surface area contributed by atoms with Crippen molar-refractivity contribution in [3.05, 3.63) is 95.6 Å². The molecule has 4 aromatic carbocycles. The number of hydrogen-bond acceptors (Lipinski definition) is 0. The summed E-state index contributed by atoms with van der Waals surface area (Å²) >= 11 is 0. The largest absolute Gasteiger partial charge is 0.295 e. The monoisotopic (exact) mass is 433 g/mol. The molecule has 2 nitrogen and oxygen atoms in total. The van der Waals surface area contributed by atoms with Gasteiger partial charge in [0.1, 0.15) is 5.69 Å². The van der Waals surface area contributed by atoms with E-state index in [1.807, 2.05) is 0 Å². The molecule has 5 aromatic rings. The van der Waals surface area contributed by atoms with Crippen LogP contribution in [0.5, 0.6) is 0 Å². The Balaban J connectivity index is 2.05. The highest BCUT2D eigenvalue weighted by molar-refractivity contribution is 6.03. The van der Waals surface area contributed by atoms with Gasteiger partial charge in [-0.1, -0.05) is 82.3 Å². The lowest BCUT2D eigenvalue weighted by atomic mass is 9.92. The Kier molecular flexibility index (Phi) is 5.32. The Bertz CT molecular complexity index is 1460. The number of hydrogen-bond donors (Lipinski definition) is 0. The molecule has 0 atom stereocenters. The molecule has 166 valence electrons. The van der Waals surface area contributed by atoms with Gasteiger partial charge >= 0.3 is 0 Å². The maximum Gasteiger partial charge on any atom is 0.295 e. The predicted molar refractivity (Wildman–Crippen MR) is 140 cm³/mol. The summed E-state index contributed by atoms with van der Waals surface area (Å²) in [5.41, 5.74) is 9.21. The van der Waals surface area contributed by atoms with Crippen molar-refractivity contribution in [2.45, 2.75) is 46.5 Å². The van der Waals surface area contributed by atoms with Crippen LogP contribution < -0.4 is 4.57 Å². The van der Waals surface area contributed by atoms with Crippen LogP contribution in [0.25, 0.3) is 38.9 Å². The predicted octanol–water partition coefficient (Wildman–Crippen LogP) is 7.83. The first kappa shape index (κ1) is 21.5. The second-order valence-electron chi connectivity index (χ2n) is 9.78. The molecule has 0 saturated carbocycles. The third-order valence-electron chi connectivity index (χ3n) is 6.94. The summed E-state index contributed by atoms with van der Waals surface area (Å²) in [4.78, 5) is 0. The van der Waals surface area contributed by atoms with Gasteiger partial charge in [0.05, 0.1) is 12.6 Å². The van der Waals surface area contributed by atoms with Crippen LogP contribution in [0.4, 0.5) is 0 Å². The summed E-state index contributed by atoms with van der Waals surface area (Å²) < 4.78 is 4.94. The molecule has 0 radical (unpaired) electrons. The van der Waals surface area contributed by atoms with Crippen LogP contribution in [0, 0.1) is 6.92 Å². The maximum atomic E-state index is 2.54. The number of para-hydroxylation sites is 1. The van der Waals surface area contributed by atoms with Crippen molar-refractivity contribution in [3.63, 3.8) is 0 Å². The number of fused-ring (bicyclic) bond motifs is 3.